The number of benzene rings is 8. The average molecular weight is 742 g/mol. The first kappa shape index (κ1) is 34.6. The zero-order valence-corrected chi connectivity index (χ0v) is 31.4. The zero-order valence-electron chi connectivity index (χ0n) is 31.4. The third-order valence-corrected chi connectivity index (χ3v) is 10.4. The number of fused-ring (bicyclic) bond motifs is 1. The van der Waals surface area contributed by atoms with Crippen molar-refractivity contribution in [1.29, 1.82) is 0 Å². The van der Waals surface area contributed by atoms with Crippen LogP contribution >= 0.6 is 0 Å². The Bertz CT molecular complexity index is 2690. The molecule has 2 heterocycles. The van der Waals surface area contributed by atoms with Gasteiger partial charge in [-0.05, 0) is 39.1 Å². The van der Waals surface area contributed by atoms with Crippen molar-refractivity contribution >= 4 is 10.8 Å². The van der Waals surface area contributed by atoms with Gasteiger partial charge in [0, 0.05) is 33.4 Å². The van der Waals surface area contributed by atoms with Crippen LogP contribution < -0.4 is 0 Å². The van der Waals surface area contributed by atoms with E-state index in [1.807, 2.05) is 97.1 Å². The highest BCUT2D eigenvalue weighted by molar-refractivity contribution is 6.06. The van der Waals surface area contributed by atoms with Crippen molar-refractivity contribution in [3.63, 3.8) is 0 Å². The summed E-state index contributed by atoms with van der Waals surface area (Å²) in [5, 5.41) is 2.37. The van der Waals surface area contributed by atoms with E-state index in [1.165, 1.54) is 16.3 Å². The van der Waals surface area contributed by atoms with E-state index in [0.29, 0.717) is 23.3 Å². The summed E-state index contributed by atoms with van der Waals surface area (Å²) < 4.78 is 0. The normalized spacial score (nSPS) is 11.1. The number of hydrogen-bond acceptors (Lipinski definition) is 5. The summed E-state index contributed by atoms with van der Waals surface area (Å²) in [6.07, 6.45) is 0. The second-order valence-corrected chi connectivity index (χ2v) is 14.1. The summed E-state index contributed by atoms with van der Waals surface area (Å²) in [6.45, 7) is 0. The van der Waals surface area contributed by atoms with Crippen LogP contribution in [0.1, 0.15) is 0 Å². The lowest BCUT2D eigenvalue weighted by Crippen LogP contribution is -2.00. The van der Waals surface area contributed by atoms with Crippen molar-refractivity contribution in [2.24, 2.45) is 0 Å². The molecule has 0 N–H and O–H groups in total. The monoisotopic (exact) mass is 741 g/mol. The van der Waals surface area contributed by atoms with Gasteiger partial charge >= 0.3 is 0 Å². The molecule has 5 heteroatoms. The second kappa shape index (κ2) is 15.3. The Balaban J connectivity index is 1.01. The summed E-state index contributed by atoms with van der Waals surface area (Å²) in [6, 6.07) is 73.0. The van der Waals surface area contributed by atoms with E-state index in [0.717, 1.165) is 61.5 Å². The van der Waals surface area contributed by atoms with Crippen molar-refractivity contribution in [2.45, 2.75) is 0 Å². The van der Waals surface area contributed by atoms with Crippen LogP contribution in [0.25, 0.3) is 101 Å². The molecule has 2 aromatic heterocycles. The van der Waals surface area contributed by atoms with Gasteiger partial charge in [0.1, 0.15) is 0 Å². The summed E-state index contributed by atoms with van der Waals surface area (Å²) in [7, 11) is 0. The molecule has 0 amide bonds. The lowest BCUT2D eigenvalue weighted by molar-refractivity contribution is 1.07. The molecule has 272 valence electrons. The molecule has 8 aromatic carbocycles. The Kier molecular flexibility index (Phi) is 9.14. The van der Waals surface area contributed by atoms with Crippen LogP contribution in [-0.4, -0.2) is 24.9 Å². The van der Waals surface area contributed by atoms with Crippen LogP contribution in [0.15, 0.2) is 212 Å². The minimum atomic E-state index is 0.633. The minimum Gasteiger partial charge on any atom is -0.228 e. The van der Waals surface area contributed by atoms with Gasteiger partial charge in [0.2, 0.25) is 0 Å². The molecule has 0 bridgehead atoms. The van der Waals surface area contributed by atoms with Crippen LogP contribution in [0.3, 0.4) is 0 Å². The van der Waals surface area contributed by atoms with Gasteiger partial charge in [-0.25, -0.2) is 24.9 Å². The molecule has 10 aromatic rings. The molecule has 10 rings (SSSR count). The predicted molar refractivity (Wildman–Crippen MR) is 236 cm³/mol. The molecular weight excluding hydrogens is 707 g/mol. The first-order chi connectivity index (χ1) is 28.7. The fourth-order valence-electron chi connectivity index (χ4n) is 7.45. The molecule has 0 fully saturated rings. The Labute approximate surface area is 337 Å². The van der Waals surface area contributed by atoms with Gasteiger partial charge in [-0.15, -0.1) is 0 Å². The quantitative estimate of drug-likeness (QED) is 0.155. The van der Waals surface area contributed by atoms with Gasteiger partial charge in [0.25, 0.3) is 0 Å². The fourth-order valence-corrected chi connectivity index (χ4v) is 7.45. The first-order valence-electron chi connectivity index (χ1n) is 19.3. The summed E-state index contributed by atoms with van der Waals surface area (Å²) >= 11 is 0. The lowest BCUT2D eigenvalue weighted by Gasteiger charge is -2.14. The standard InChI is InChI=1S/C53H35N5/c1-5-15-38(16-6-1)47-35-48(55-50(54-47)41-17-7-2-8-18-41)39-31-27-36(28-32-39)45-25-13-23-40-24-14-26-46(49(40)45)37-29-33-44(34-30-37)53-57-51(42-19-9-3-10-20-42)56-52(58-53)43-21-11-4-12-22-43/h1-35H. The maximum atomic E-state index is 5.05. The van der Waals surface area contributed by atoms with Crippen LogP contribution in [0, 0.1) is 0 Å². The summed E-state index contributed by atoms with van der Waals surface area (Å²) in [4.78, 5) is 24.8. The first-order valence-corrected chi connectivity index (χ1v) is 19.3. The number of hydrogen-bond donors (Lipinski definition) is 0. The van der Waals surface area contributed by atoms with E-state index < -0.39 is 0 Å². The van der Waals surface area contributed by atoms with Gasteiger partial charge in [-0.3, -0.25) is 0 Å². The second-order valence-electron chi connectivity index (χ2n) is 14.1. The van der Waals surface area contributed by atoms with Gasteiger partial charge in [0.15, 0.2) is 23.3 Å². The largest absolute Gasteiger partial charge is 0.228 e. The van der Waals surface area contributed by atoms with Crippen LogP contribution in [0.2, 0.25) is 0 Å². The number of aromatic nitrogens is 5. The maximum Gasteiger partial charge on any atom is 0.164 e. The van der Waals surface area contributed by atoms with Crippen molar-refractivity contribution in [3.05, 3.63) is 212 Å². The van der Waals surface area contributed by atoms with Crippen LogP contribution in [0.4, 0.5) is 0 Å². The van der Waals surface area contributed by atoms with Gasteiger partial charge in [-0.1, -0.05) is 206 Å². The fraction of sp³-hybridized carbons (Fsp3) is 0. The molecule has 0 saturated carbocycles. The minimum absolute atomic E-state index is 0.633. The van der Waals surface area contributed by atoms with Crippen molar-refractivity contribution < 1.29 is 0 Å². The Morgan fingerprint density at radius 2 is 0.534 bits per heavy atom. The molecule has 0 atom stereocenters. The molecule has 58 heavy (non-hydrogen) atoms. The van der Waals surface area contributed by atoms with E-state index in [-0.39, 0.29) is 0 Å². The molecule has 0 aliphatic heterocycles. The third kappa shape index (κ3) is 6.93. The molecule has 0 unspecified atom stereocenters. The topological polar surface area (TPSA) is 64.5 Å². The maximum absolute atomic E-state index is 5.05. The summed E-state index contributed by atoms with van der Waals surface area (Å²) in [5.74, 6) is 2.63. The predicted octanol–water partition coefficient (Wildman–Crippen LogP) is 13.2. The highest BCUT2D eigenvalue weighted by Gasteiger charge is 2.15. The van der Waals surface area contributed by atoms with E-state index in [9.17, 15) is 0 Å². The Morgan fingerprint density at radius 1 is 0.224 bits per heavy atom. The van der Waals surface area contributed by atoms with Crippen LogP contribution in [-0.2, 0) is 0 Å². The van der Waals surface area contributed by atoms with Gasteiger partial charge < -0.3 is 0 Å². The molecular formula is C53H35N5. The number of rotatable bonds is 8. The van der Waals surface area contributed by atoms with Crippen molar-refractivity contribution in [2.75, 3.05) is 0 Å². The van der Waals surface area contributed by atoms with Crippen molar-refractivity contribution in [1.82, 2.24) is 24.9 Å². The molecule has 0 radical (unpaired) electrons. The summed E-state index contributed by atoms with van der Waals surface area (Å²) in [5.41, 5.74) is 12.2. The molecule has 0 spiro atoms. The smallest absolute Gasteiger partial charge is 0.164 e. The highest BCUT2D eigenvalue weighted by atomic mass is 15.0. The Hall–Kier alpha value is -7.89. The molecule has 0 aliphatic rings. The van der Waals surface area contributed by atoms with Gasteiger partial charge in [-0.2, -0.15) is 0 Å². The van der Waals surface area contributed by atoms with E-state index in [2.05, 4.69) is 115 Å². The molecule has 0 aliphatic carbocycles. The molecule has 0 saturated heterocycles. The Morgan fingerprint density at radius 3 is 0.948 bits per heavy atom. The molecule has 5 nitrogen and oxygen atoms in total. The zero-order chi connectivity index (χ0) is 38.7. The average Bonchev–Trinajstić information content (AvgIpc) is 3.32. The van der Waals surface area contributed by atoms with Crippen LogP contribution in [0.5, 0.6) is 0 Å². The van der Waals surface area contributed by atoms with E-state index in [4.69, 9.17) is 24.9 Å². The van der Waals surface area contributed by atoms with Crippen molar-refractivity contribution in [3.8, 4) is 90.3 Å². The number of nitrogens with zero attached hydrogens (tertiary/aromatic N) is 5. The third-order valence-electron chi connectivity index (χ3n) is 10.4. The SMILES string of the molecule is c1ccc(-c2cc(-c3ccc(-c4cccc5cccc(-c6ccc(-c7nc(-c8ccccc8)nc(-c8ccccc8)n7)cc6)c45)cc3)nc(-c3ccccc3)n2)cc1. The van der Waals surface area contributed by atoms with E-state index in [1.54, 1.807) is 0 Å². The lowest BCUT2D eigenvalue weighted by atomic mass is 9.91. The highest BCUT2D eigenvalue weighted by Crippen LogP contribution is 2.38. The van der Waals surface area contributed by atoms with E-state index >= 15 is 0 Å². The van der Waals surface area contributed by atoms with Gasteiger partial charge in [0.05, 0.1) is 11.4 Å².